The van der Waals surface area contributed by atoms with Gasteiger partial charge in [-0.2, -0.15) is 0 Å². The van der Waals surface area contributed by atoms with Crippen molar-refractivity contribution in [3.63, 3.8) is 0 Å². The molecule has 19 heavy (non-hydrogen) atoms. The van der Waals surface area contributed by atoms with Crippen molar-refractivity contribution in [1.82, 2.24) is 9.97 Å². The van der Waals surface area contributed by atoms with E-state index in [-0.39, 0.29) is 5.82 Å². The lowest BCUT2D eigenvalue weighted by molar-refractivity contribution is 0.627. The molecular weight excluding hydrogens is 265 g/mol. The molecule has 1 aromatic heterocycles. The van der Waals surface area contributed by atoms with Crippen LogP contribution in [0.5, 0.6) is 0 Å². The summed E-state index contributed by atoms with van der Waals surface area (Å²) in [5.41, 5.74) is 1.80. The number of nitrogens with zero attached hydrogens (tertiary/aromatic N) is 2. The summed E-state index contributed by atoms with van der Waals surface area (Å²) in [5.74, 6) is 1.19. The maximum atomic E-state index is 12.8. The third-order valence-corrected chi connectivity index (χ3v) is 3.19. The van der Waals surface area contributed by atoms with Crippen molar-refractivity contribution >= 4 is 17.4 Å². The molecule has 1 aromatic carbocycles. The number of benzene rings is 1. The van der Waals surface area contributed by atoms with Gasteiger partial charge in [-0.25, -0.2) is 14.4 Å². The minimum Gasteiger partial charge on any atom is -0.366 e. The SMILES string of the molecule is CCc1nc(Cl)c(C)c(NCc2ccc(F)cc2)n1. The van der Waals surface area contributed by atoms with Gasteiger partial charge in [-0.05, 0) is 24.6 Å². The van der Waals surface area contributed by atoms with Crippen LogP contribution in [-0.4, -0.2) is 9.97 Å². The highest BCUT2D eigenvalue weighted by Gasteiger charge is 2.08. The van der Waals surface area contributed by atoms with Crippen LogP contribution >= 0.6 is 11.6 Å². The molecule has 0 atom stereocenters. The fourth-order valence-corrected chi connectivity index (χ4v) is 1.84. The Morgan fingerprint density at radius 1 is 1.21 bits per heavy atom. The predicted octanol–water partition coefficient (Wildman–Crippen LogP) is 3.75. The van der Waals surface area contributed by atoms with Crippen LogP contribution in [0.15, 0.2) is 24.3 Å². The van der Waals surface area contributed by atoms with Crippen LogP contribution in [0.25, 0.3) is 0 Å². The van der Waals surface area contributed by atoms with E-state index in [0.717, 1.165) is 23.4 Å². The molecule has 0 saturated heterocycles. The zero-order valence-electron chi connectivity index (χ0n) is 10.9. The molecule has 3 nitrogen and oxygen atoms in total. The van der Waals surface area contributed by atoms with E-state index in [9.17, 15) is 4.39 Å². The van der Waals surface area contributed by atoms with Crippen LogP contribution < -0.4 is 5.32 Å². The van der Waals surface area contributed by atoms with Crippen LogP contribution in [0.4, 0.5) is 10.2 Å². The maximum Gasteiger partial charge on any atom is 0.137 e. The summed E-state index contributed by atoms with van der Waals surface area (Å²) >= 11 is 6.06. The normalized spacial score (nSPS) is 10.5. The molecule has 2 aromatic rings. The first-order valence-corrected chi connectivity index (χ1v) is 6.49. The molecule has 0 bridgehead atoms. The molecule has 0 spiro atoms. The first-order chi connectivity index (χ1) is 9.10. The van der Waals surface area contributed by atoms with E-state index < -0.39 is 0 Å². The first kappa shape index (κ1) is 13.7. The molecule has 2 rings (SSSR count). The van der Waals surface area contributed by atoms with Crippen LogP contribution in [0, 0.1) is 12.7 Å². The zero-order chi connectivity index (χ0) is 13.8. The van der Waals surface area contributed by atoms with E-state index >= 15 is 0 Å². The second kappa shape index (κ2) is 5.97. The van der Waals surface area contributed by atoms with Gasteiger partial charge in [0.1, 0.15) is 22.6 Å². The zero-order valence-corrected chi connectivity index (χ0v) is 11.6. The Hall–Kier alpha value is -1.68. The standard InChI is InChI=1S/C14H15ClFN3/c1-3-12-18-13(15)9(2)14(19-12)17-8-10-4-6-11(16)7-5-10/h4-7H,3,8H2,1-2H3,(H,17,18,19). The lowest BCUT2D eigenvalue weighted by Gasteiger charge is -2.11. The average Bonchev–Trinajstić information content (AvgIpc) is 2.42. The highest BCUT2D eigenvalue weighted by Crippen LogP contribution is 2.20. The highest BCUT2D eigenvalue weighted by molar-refractivity contribution is 6.30. The van der Waals surface area contributed by atoms with Gasteiger partial charge in [-0.3, -0.25) is 0 Å². The topological polar surface area (TPSA) is 37.8 Å². The van der Waals surface area contributed by atoms with Gasteiger partial charge >= 0.3 is 0 Å². The third-order valence-electron chi connectivity index (χ3n) is 2.82. The monoisotopic (exact) mass is 279 g/mol. The fourth-order valence-electron chi connectivity index (χ4n) is 1.65. The molecule has 100 valence electrons. The lowest BCUT2D eigenvalue weighted by atomic mass is 10.2. The Morgan fingerprint density at radius 2 is 1.89 bits per heavy atom. The second-order valence-electron chi connectivity index (χ2n) is 4.24. The van der Waals surface area contributed by atoms with Gasteiger partial charge in [0.25, 0.3) is 0 Å². The van der Waals surface area contributed by atoms with Gasteiger partial charge < -0.3 is 5.32 Å². The molecule has 0 fully saturated rings. The fraction of sp³-hybridized carbons (Fsp3) is 0.286. The molecule has 0 aliphatic carbocycles. The minimum absolute atomic E-state index is 0.238. The number of halogens is 2. The van der Waals surface area contributed by atoms with Gasteiger partial charge in [-0.1, -0.05) is 30.7 Å². The minimum atomic E-state index is -0.238. The molecule has 0 amide bonds. The first-order valence-electron chi connectivity index (χ1n) is 6.11. The highest BCUT2D eigenvalue weighted by atomic mass is 35.5. The van der Waals surface area contributed by atoms with Crippen LogP contribution in [0.1, 0.15) is 23.9 Å². The van der Waals surface area contributed by atoms with E-state index in [0.29, 0.717) is 17.5 Å². The summed E-state index contributed by atoms with van der Waals surface area (Å²) in [5, 5.41) is 3.67. The van der Waals surface area contributed by atoms with Gasteiger partial charge in [0.15, 0.2) is 0 Å². The Kier molecular flexibility index (Phi) is 4.32. The quantitative estimate of drug-likeness (QED) is 0.866. The largest absolute Gasteiger partial charge is 0.366 e. The lowest BCUT2D eigenvalue weighted by Crippen LogP contribution is -2.07. The molecule has 1 N–H and O–H groups in total. The van der Waals surface area contributed by atoms with Crippen LogP contribution in [-0.2, 0) is 13.0 Å². The maximum absolute atomic E-state index is 12.8. The van der Waals surface area contributed by atoms with Crippen molar-refractivity contribution in [1.29, 1.82) is 0 Å². The Labute approximate surface area is 116 Å². The second-order valence-corrected chi connectivity index (χ2v) is 4.60. The predicted molar refractivity (Wildman–Crippen MR) is 74.9 cm³/mol. The molecular formula is C14H15ClFN3. The van der Waals surface area contributed by atoms with E-state index in [4.69, 9.17) is 11.6 Å². The van der Waals surface area contributed by atoms with E-state index in [2.05, 4.69) is 15.3 Å². The number of anilines is 1. The van der Waals surface area contributed by atoms with Crippen LogP contribution in [0.3, 0.4) is 0 Å². The summed E-state index contributed by atoms with van der Waals surface area (Å²) in [6.45, 7) is 4.41. The van der Waals surface area contributed by atoms with Crippen molar-refractivity contribution in [2.75, 3.05) is 5.32 Å². The number of hydrogen-bond donors (Lipinski definition) is 1. The molecule has 0 saturated carbocycles. The number of aromatic nitrogens is 2. The number of hydrogen-bond acceptors (Lipinski definition) is 3. The Balaban J connectivity index is 2.14. The number of rotatable bonds is 4. The van der Waals surface area contributed by atoms with Crippen molar-refractivity contribution in [2.45, 2.75) is 26.8 Å². The molecule has 0 radical (unpaired) electrons. The van der Waals surface area contributed by atoms with Crippen LogP contribution in [0.2, 0.25) is 5.15 Å². The molecule has 0 unspecified atom stereocenters. The number of aryl methyl sites for hydroxylation is 1. The van der Waals surface area contributed by atoms with E-state index in [1.54, 1.807) is 12.1 Å². The summed E-state index contributed by atoms with van der Waals surface area (Å²) < 4.78 is 12.8. The Morgan fingerprint density at radius 3 is 2.53 bits per heavy atom. The Bertz CT molecular complexity index is 570. The molecule has 5 heteroatoms. The van der Waals surface area contributed by atoms with Gasteiger partial charge in [0.2, 0.25) is 0 Å². The molecule has 0 aliphatic heterocycles. The molecule has 1 heterocycles. The van der Waals surface area contributed by atoms with Crippen molar-refractivity contribution in [3.05, 3.63) is 52.2 Å². The third kappa shape index (κ3) is 3.41. The number of nitrogens with one attached hydrogen (secondary N) is 1. The summed E-state index contributed by atoms with van der Waals surface area (Å²) in [7, 11) is 0. The summed E-state index contributed by atoms with van der Waals surface area (Å²) in [6, 6.07) is 6.35. The van der Waals surface area contributed by atoms with Crippen molar-refractivity contribution < 1.29 is 4.39 Å². The average molecular weight is 280 g/mol. The van der Waals surface area contributed by atoms with Gasteiger partial charge in [0.05, 0.1) is 0 Å². The van der Waals surface area contributed by atoms with Gasteiger partial charge in [0, 0.05) is 18.5 Å². The molecule has 0 aliphatic rings. The van der Waals surface area contributed by atoms with Crippen molar-refractivity contribution in [2.24, 2.45) is 0 Å². The van der Waals surface area contributed by atoms with Gasteiger partial charge in [-0.15, -0.1) is 0 Å². The van der Waals surface area contributed by atoms with Crippen molar-refractivity contribution in [3.8, 4) is 0 Å². The van der Waals surface area contributed by atoms with E-state index in [1.165, 1.54) is 12.1 Å². The smallest absolute Gasteiger partial charge is 0.137 e. The van der Waals surface area contributed by atoms with E-state index in [1.807, 2.05) is 13.8 Å². The summed E-state index contributed by atoms with van der Waals surface area (Å²) in [4.78, 5) is 8.59. The summed E-state index contributed by atoms with van der Waals surface area (Å²) in [6.07, 6.45) is 0.727.